The molecule has 0 saturated carbocycles. The molecule has 3 rings (SSSR count). The summed E-state index contributed by atoms with van der Waals surface area (Å²) in [6, 6.07) is 6.81. The maximum atomic E-state index is 5.71. The van der Waals surface area contributed by atoms with Crippen LogP contribution in [0.2, 0.25) is 0 Å². The Bertz CT molecular complexity index is 496. The van der Waals surface area contributed by atoms with Crippen molar-refractivity contribution < 1.29 is 9.47 Å². The van der Waals surface area contributed by atoms with Gasteiger partial charge in [0, 0.05) is 30.9 Å². The number of anilines is 1. The van der Waals surface area contributed by atoms with Crippen molar-refractivity contribution in [2.75, 3.05) is 37.7 Å². The van der Waals surface area contributed by atoms with Gasteiger partial charge in [0.15, 0.2) is 11.5 Å². The van der Waals surface area contributed by atoms with E-state index in [1.54, 1.807) is 0 Å². The summed E-state index contributed by atoms with van der Waals surface area (Å²) in [7, 11) is 0. The van der Waals surface area contributed by atoms with Crippen molar-refractivity contribution in [3.05, 3.63) is 18.2 Å². The fourth-order valence-corrected chi connectivity index (χ4v) is 2.97. The molecule has 1 atom stereocenters. The molecule has 0 amide bonds. The van der Waals surface area contributed by atoms with E-state index >= 15 is 0 Å². The van der Waals surface area contributed by atoms with E-state index in [1.165, 1.54) is 12.1 Å². The highest BCUT2D eigenvalue weighted by atomic mass is 16.6. The molecule has 1 saturated heterocycles. The summed E-state index contributed by atoms with van der Waals surface area (Å²) in [5, 5.41) is 3.69. The van der Waals surface area contributed by atoms with Crippen LogP contribution in [0.4, 0.5) is 5.69 Å². The Kier molecular flexibility index (Phi) is 3.98. The lowest BCUT2D eigenvalue weighted by molar-refractivity contribution is 0.171. The monoisotopic (exact) mass is 290 g/mol. The van der Waals surface area contributed by atoms with Crippen molar-refractivity contribution in [3.8, 4) is 11.5 Å². The third-order valence-corrected chi connectivity index (χ3v) is 4.33. The van der Waals surface area contributed by atoms with Gasteiger partial charge in [0.05, 0.1) is 0 Å². The van der Waals surface area contributed by atoms with Crippen LogP contribution in [0.3, 0.4) is 0 Å². The smallest absolute Gasteiger partial charge is 0.163 e. The van der Waals surface area contributed by atoms with Gasteiger partial charge >= 0.3 is 0 Å². The largest absolute Gasteiger partial charge is 0.486 e. The van der Waals surface area contributed by atoms with Gasteiger partial charge in [-0.15, -0.1) is 0 Å². The van der Waals surface area contributed by atoms with Gasteiger partial charge in [0.1, 0.15) is 13.2 Å². The number of hydrogen-bond donors (Lipinski definition) is 1. The van der Waals surface area contributed by atoms with E-state index in [1.807, 2.05) is 6.07 Å². The fourth-order valence-electron chi connectivity index (χ4n) is 2.97. The van der Waals surface area contributed by atoms with E-state index in [4.69, 9.17) is 9.47 Å². The summed E-state index contributed by atoms with van der Waals surface area (Å²) in [4.78, 5) is 2.47. The van der Waals surface area contributed by atoms with Crippen molar-refractivity contribution in [3.63, 3.8) is 0 Å². The van der Waals surface area contributed by atoms with Crippen LogP contribution in [-0.4, -0.2) is 38.9 Å². The Labute approximate surface area is 127 Å². The maximum absolute atomic E-state index is 5.71. The van der Waals surface area contributed by atoms with Crippen LogP contribution in [0.5, 0.6) is 11.5 Å². The van der Waals surface area contributed by atoms with Gasteiger partial charge in [-0.05, 0) is 30.5 Å². The number of benzene rings is 1. The van der Waals surface area contributed by atoms with Crippen molar-refractivity contribution in [2.45, 2.75) is 33.2 Å². The topological polar surface area (TPSA) is 33.7 Å². The first-order valence-corrected chi connectivity index (χ1v) is 7.92. The highest BCUT2D eigenvalue weighted by Crippen LogP contribution is 2.35. The zero-order chi connectivity index (χ0) is 14.9. The van der Waals surface area contributed by atoms with Crippen LogP contribution in [0.15, 0.2) is 18.2 Å². The summed E-state index contributed by atoms with van der Waals surface area (Å²) < 4.78 is 11.3. The summed E-state index contributed by atoms with van der Waals surface area (Å²) in [6.45, 7) is 11.4. The van der Waals surface area contributed by atoms with Crippen LogP contribution in [0.25, 0.3) is 0 Å². The second-order valence-corrected chi connectivity index (χ2v) is 7.00. The Morgan fingerprint density at radius 2 is 1.90 bits per heavy atom. The maximum Gasteiger partial charge on any atom is 0.163 e. The Morgan fingerprint density at radius 3 is 2.67 bits per heavy atom. The van der Waals surface area contributed by atoms with Gasteiger partial charge in [-0.25, -0.2) is 0 Å². The van der Waals surface area contributed by atoms with Crippen LogP contribution in [0.1, 0.15) is 27.2 Å². The lowest BCUT2D eigenvalue weighted by Crippen LogP contribution is -2.46. The summed E-state index contributed by atoms with van der Waals surface area (Å²) >= 11 is 0. The highest BCUT2D eigenvalue weighted by molar-refractivity contribution is 5.57. The Morgan fingerprint density at radius 1 is 1.14 bits per heavy atom. The summed E-state index contributed by atoms with van der Waals surface area (Å²) in [6.07, 6.45) is 1.17. The van der Waals surface area contributed by atoms with Crippen molar-refractivity contribution in [1.82, 2.24) is 5.32 Å². The van der Waals surface area contributed by atoms with E-state index in [9.17, 15) is 0 Å². The Hall–Kier alpha value is -1.42. The molecule has 0 radical (unpaired) electrons. The minimum Gasteiger partial charge on any atom is -0.486 e. The van der Waals surface area contributed by atoms with Crippen LogP contribution >= 0.6 is 0 Å². The van der Waals surface area contributed by atoms with Gasteiger partial charge < -0.3 is 19.7 Å². The van der Waals surface area contributed by atoms with Gasteiger partial charge in [-0.3, -0.25) is 0 Å². The zero-order valence-electron chi connectivity index (χ0n) is 13.3. The number of nitrogens with one attached hydrogen (secondary N) is 1. The van der Waals surface area contributed by atoms with Crippen LogP contribution < -0.4 is 19.7 Å². The number of nitrogens with zero attached hydrogens (tertiary/aromatic N) is 1. The molecule has 21 heavy (non-hydrogen) atoms. The predicted molar refractivity (Wildman–Crippen MR) is 85.5 cm³/mol. The molecule has 4 heteroatoms. The third-order valence-electron chi connectivity index (χ3n) is 4.33. The highest BCUT2D eigenvalue weighted by Gasteiger charge is 2.28. The molecule has 1 aromatic rings. The van der Waals surface area contributed by atoms with Crippen molar-refractivity contribution in [1.29, 1.82) is 0 Å². The fraction of sp³-hybridized carbons (Fsp3) is 0.647. The standard InChI is InChI=1S/C17H26N2O2/c1-17(2,3)16-12-19(8-4-7-18-16)13-5-6-14-15(11-13)21-10-9-20-14/h5-6,11,16,18H,4,7-10,12H2,1-3H3. The van der Waals surface area contributed by atoms with Crippen LogP contribution in [-0.2, 0) is 0 Å². The van der Waals surface area contributed by atoms with Gasteiger partial charge in [-0.2, -0.15) is 0 Å². The molecule has 116 valence electrons. The minimum atomic E-state index is 0.260. The van der Waals surface area contributed by atoms with E-state index in [-0.39, 0.29) is 5.41 Å². The second kappa shape index (κ2) is 5.76. The quantitative estimate of drug-likeness (QED) is 0.862. The molecular formula is C17H26N2O2. The second-order valence-electron chi connectivity index (χ2n) is 7.00. The zero-order valence-corrected chi connectivity index (χ0v) is 13.3. The third kappa shape index (κ3) is 3.26. The first kappa shape index (κ1) is 14.5. The lowest BCUT2D eigenvalue weighted by Gasteiger charge is -2.35. The van der Waals surface area contributed by atoms with E-state index < -0.39 is 0 Å². The molecule has 1 unspecified atom stereocenters. The van der Waals surface area contributed by atoms with E-state index in [2.05, 4.69) is 43.1 Å². The molecular weight excluding hydrogens is 264 g/mol. The van der Waals surface area contributed by atoms with Crippen molar-refractivity contribution in [2.24, 2.45) is 5.41 Å². The molecule has 0 spiro atoms. The molecule has 0 bridgehead atoms. The first-order valence-electron chi connectivity index (χ1n) is 7.92. The SMILES string of the molecule is CC(C)(C)C1CN(c2ccc3c(c2)OCCO3)CCCN1. The van der Waals surface area contributed by atoms with E-state index in [0.717, 1.165) is 31.1 Å². The Balaban J connectivity index is 1.81. The number of rotatable bonds is 1. The van der Waals surface area contributed by atoms with E-state index in [0.29, 0.717) is 19.3 Å². The van der Waals surface area contributed by atoms with Crippen LogP contribution in [0, 0.1) is 5.41 Å². The first-order chi connectivity index (χ1) is 10.0. The molecule has 1 N–H and O–H groups in total. The molecule has 2 heterocycles. The summed E-state index contributed by atoms with van der Waals surface area (Å²) in [5.41, 5.74) is 1.49. The van der Waals surface area contributed by atoms with Gasteiger partial charge in [-0.1, -0.05) is 20.8 Å². The van der Waals surface area contributed by atoms with Gasteiger partial charge in [0.25, 0.3) is 0 Å². The molecule has 2 aliphatic rings. The molecule has 4 nitrogen and oxygen atoms in total. The lowest BCUT2D eigenvalue weighted by atomic mass is 9.86. The van der Waals surface area contributed by atoms with Crippen molar-refractivity contribution >= 4 is 5.69 Å². The molecule has 1 aromatic carbocycles. The number of hydrogen-bond acceptors (Lipinski definition) is 4. The van der Waals surface area contributed by atoms with Gasteiger partial charge in [0.2, 0.25) is 0 Å². The predicted octanol–water partition coefficient (Wildman–Crippen LogP) is 2.67. The molecule has 0 aliphatic carbocycles. The normalized spacial score (nSPS) is 22.8. The number of ether oxygens (including phenoxy) is 2. The average Bonchev–Trinajstić information content (AvgIpc) is 2.72. The number of fused-ring (bicyclic) bond motifs is 1. The molecule has 1 fully saturated rings. The molecule has 0 aromatic heterocycles. The minimum absolute atomic E-state index is 0.260. The molecule has 2 aliphatic heterocycles. The summed E-state index contributed by atoms with van der Waals surface area (Å²) in [5.74, 6) is 1.74. The average molecular weight is 290 g/mol.